The van der Waals surface area contributed by atoms with Gasteiger partial charge in [-0.3, -0.25) is 4.79 Å². The minimum atomic E-state index is -0.704. The maximum atomic E-state index is 12.1. The summed E-state index contributed by atoms with van der Waals surface area (Å²) in [4.78, 5) is 12.1. The van der Waals surface area contributed by atoms with Crippen LogP contribution in [0.5, 0.6) is 0 Å². The predicted molar refractivity (Wildman–Crippen MR) is 68.5 cm³/mol. The van der Waals surface area contributed by atoms with Crippen molar-refractivity contribution >= 4 is 5.91 Å². The summed E-state index contributed by atoms with van der Waals surface area (Å²) in [5.74, 6) is 0.462. The van der Waals surface area contributed by atoms with E-state index < -0.39 is 11.6 Å². The quantitative estimate of drug-likeness (QED) is 0.692. The molecule has 4 heteroatoms. The Labute approximate surface area is 104 Å². The van der Waals surface area contributed by atoms with Crippen molar-refractivity contribution in [2.45, 2.75) is 70.6 Å². The average molecular weight is 242 g/mol. The summed E-state index contributed by atoms with van der Waals surface area (Å²) in [6, 6.07) is -0.0276. The van der Waals surface area contributed by atoms with E-state index in [4.69, 9.17) is 5.73 Å². The average Bonchev–Trinajstić information content (AvgIpc) is 2.15. The molecule has 0 heterocycles. The van der Waals surface area contributed by atoms with Crippen LogP contribution in [0.15, 0.2) is 0 Å². The molecule has 0 spiro atoms. The van der Waals surface area contributed by atoms with Crippen LogP contribution >= 0.6 is 0 Å². The first-order valence-electron chi connectivity index (χ1n) is 6.61. The molecule has 1 rings (SSSR count). The smallest absolute Gasteiger partial charge is 0.240 e. The number of hydrogen-bond acceptors (Lipinski definition) is 3. The van der Waals surface area contributed by atoms with Gasteiger partial charge >= 0.3 is 0 Å². The molecule has 100 valence electrons. The fraction of sp³-hybridized carbons (Fsp3) is 0.923. The van der Waals surface area contributed by atoms with Gasteiger partial charge in [-0.1, -0.05) is 19.8 Å². The zero-order valence-electron chi connectivity index (χ0n) is 11.2. The highest BCUT2D eigenvalue weighted by Crippen LogP contribution is 2.30. The second-order valence-electron chi connectivity index (χ2n) is 5.82. The van der Waals surface area contributed by atoms with Gasteiger partial charge in [-0.15, -0.1) is 0 Å². The minimum absolute atomic E-state index is 0.0276. The molecule has 17 heavy (non-hydrogen) atoms. The highest BCUT2D eigenvalue weighted by molar-refractivity contribution is 5.86. The Kier molecular flexibility index (Phi) is 4.95. The monoisotopic (exact) mass is 242 g/mol. The Hall–Kier alpha value is -0.610. The minimum Gasteiger partial charge on any atom is -0.393 e. The van der Waals surface area contributed by atoms with Gasteiger partial charge < -0.3 is 16.2 Å². The van der Waals surface area contributed by atoms with Gasteiger partial charge in [0, 0.05) is 6.04 Å². The maximum Gasteiger partial charge on any atom is 0.240 e. The summed E-state index contributed by atoms with van der Waals surface area (Å²) in [5, 5.41) is 12.2. The highest BCUT2D eigenvalue weighted by Gasteiger charge is 2.38. The molecule has 0 bridgehead atoms. The molecule has 1 amide bonds. The van der Waals surface area contributed by atoms with Crippen LogP contribution in [0.25, 0.3) is 0 Å². The molecule has 0 aliphatic heterocycles. The van der Waals surface area contributed by atoms with Gasteiger partial charge in [0.1, 0.15) is 0 Å². The zero-order chi connectivity index (χ0) is 13.1. The van der Waals surface area contributed by atoms with Crippen LogP contribution in [-0.2, 0) is 4.79 Å². The summed E-state index contributed by atoms with van der Waals surface area (Å²) in [7, 11) is 0. The molecule has 0 aromatic carbocycles. The maximum absolute atomic E-state index is 12.1. The van der Waals surface area contributed by atoms with E-state index in [2.05, 4.69) is 12.2 Å². The molecule has 1 saturated carbocycles. The lowest BCUT2D eigenvalue weighted by Crippen LogP contribution is -2.57. The molecule has 4 nitrogen and oxygen atoms in total. The number of nitrogens with one attached hydrogen (secondary N) is 1. The normalized spacial score (nSPS) is 32.9. The van der Waals surface area contributed by atoms with Crippen LogP contribution in [0.1, 0.15) is 52.9 Å². The van der Waals surface area contributed by atoms with Crippen molar-refractivity contribution in [1.29, 1.82) is 0 Å². The lowest BCUT2D eigenvalue weighted by molar-refractivity contribution is -0.128. The van der Waals surface area contributed by atoms with E-state index >= 15 is 0 Å². The van der Waals surface area contributed by atoms with Crippen LogP contribution in [0.4, 0.5) is 0 Å². The fourth-order valence-corrected chi connectivity index (χ4v) is 2.74. The summed E-state index contributed by atoms with van der Waals surface area (Å²) in [6.45, 7) is 5.77. The van der Waals surface area contributed by atoms with E-state index in [-0.39, 0.29) is 11.9 Å². The van der Waals surface area contributed by atoms with Crippen LogP contribution in [0.3, 0.4) is 0 Å². The van der Waals surface area contributed by atoms with E-state index in [0.717, 1.165) is 25.7 Å². The lowest BCUT2D eigenvalue weighted by Gasteiger charge is -2.36. The molecule has 1 aliphatic rings. The molecule has 0 radical (unpaired) electrons. The van der Waals surface area contributed by atoms with E-state index in [1.54, 1.807) is 6.92 Å². The van der Waals surface area contributed by atoms with Crippen LogP contribution in [0.2, 0.25) is 0 Å². The predicted octanol–water partition coefficient (Wildman–Crippen LogP) is 1.17. The van der Waals surface area contributed by atoms with E-state index in [1.807, 2.05) is 6.92 Å². The third-order valence-corrected chi connectivity index (χ3v) is 3.56. The van der Waals surface area contributed by atoms with E-state index in [9.17, 15) is 9.90 Å². The van der Waals surface area contributed by atoms with Crippen LogP contribution in [-0.4, -0.2) is 28.7 Å². The van der Waals surface area contributed by atoms with Crippen molar-refractivity contribution in [2.24, 2.45) is 11.7 Å². The molecular weight excluding hydrogens is 216 g/mol. The number of aliphatic hydroxyl groups excluding tert-OH is 1. The molecule has 4 unspecified atom stereocenters. The third kappa shape index (κ3) is 4.28. The van der Waals surface area contributed by atoms with Crippen molar-refractivity contribution in [2.75, 3.05) is 0 Å². The standard InChI is InChI=1S/C13H26N2O2/c1-9-5-4-6-13(14,8-9)12(17)15-10(2)7-11(3)16/h9-11,16H,4-8,14H2,1-3H3,(H,15,17). The van der Waals surface area contributed by atoms with Crippen molar-refractivity contribution in [1.82, 2.24) is 5.32 Å². The highest BCUT2D eigenvalue weighted by atomic mass is 16.3. The van der Waals surface area contributed by atoms with Gasteiger partial charge in [-0.25, -0.2) is 0 Å². The van der Waals surface area contributed by atoms with Gasteiger partial charge in [-0.05, 0) is 39.0 Å². The fourth-order valence-electron chi connectivity index (χ4n) is 2.74. The molecule has 4 atom stereocenters. The van der Waals surface area contributed by atoms with E-state index in [0.29, 0.717) is 12.3 Å². The number of nitrogens with two attached hydrogens (primary N) is 1. The molecule has 1 aliphatic carbocycles. The summed E-state index contributed by atoms with van der Waals surface area (Å²) >= 11 is 0. The van der Waals surface area contributed by atoms with Crippen molar-refractivity contribution in [3.8, 4) is 0 Å². The first kappa shape index (κ1) is 14.5. The Balaban J connectivity index is 2.50. The Morgan fingerprint density at radius 2 is 2.24 bits per heavy atom. The first-order chi connectivity index (χ1) is 7.83. The van der Waals surface area contributed by atoms with Crippen LogP contribution < -0.4 is 11.1 Å². The summed E-state index contributed by atoms with van der Waals surface area (Å²) < 4.78 is 0. The van der Waals surface area contributed by atoms with Gasteiger partial charge in [0.15, 0.2) is 0 Å². The largest absolute Gasteiger partial charge is 0.393 e. The SMILES string of the molecule is CC(O)CC(C)NC(=O)C1(N)CCCC(C)C1. The molecule has 4 N–H and O–H groups in total. The molecule has 0 aromatic heterocycles. The Morgan fingerprint density at radius 3 is 2.76 bits per heavy atom. The van der Waals surface area contributed by atoms with Gasteiger partial charge in [-0.2, -0.15) is 0 Å². The van der Waals surface area contributed by atoms with Crippen molar-refractivity contribution in [3.63, 3.8) is 0 Å². The zero-order valence-corrected chi connectivity index (χ0v) is 11.2. The first-order valence-corrected chi connectivity index (χ1v) is 6.61. The van der Waals surface area contributed by atoms with Crippen molar-refractivity contribution < 1.29 is 9.90 Å². The number of amides is 1. The number of carbonyl (C=O) groups excluding carboxylic acids is 1. The number of aliphatic hydroxyl groups is 1. The molecule has 0 aromatic rings. The summed E-state index contributed by atoms with van der Waals surface area (Å²) in [6.07, 6.45) is 3.89. The van der Waals surface area contributed by atoms with Crippen LogP contribution in [0, 0.1) is 5.92 Å². The second-order valence-corrected chi connectivity index (χ2v) is 5.82. The number of carbonyl (C=O) groups is 1. The summed E-state index contributed by atoms with van der Waals surface area (Å²) in [5.41, 5.74) is 5.49. The Bertz CT molecular complexity index is 268. The third-order valence-electron chi connectivity index (χ3n) is 3.56. The molecule has 1 fully saturated rings. The second kappa shape index (κ2) is 5.83. The molecular formula is C13H26N2O2. The topological polar surface area (TPSA) is 75.3 Å². The van der Waals surface area contributed by atoms with Crippen molar-refractivity contribution in [3.05, 3.63) is 0 Å². The number of rotatable bonds is 4. The van der Waals surface area contributed by atoms with Gasteiger partial charge in [0.05, 0.1) is 11.6 Å². The molecule has 0 saturated heterocycles. The van der Waals surface area contributed by atoms with Gasteiger partial charge in [0.25, 0.3) is 0 Å². The Morgan fingerprint density at radius 1 is 1.59 bits per heavy atom. The van der Waals surface area contributed by atoms with E-state index in [1.165, 1.54) is 0 Å². The lowest BCUT2D eigenvalue weighted by atomic mass is 9.76. The van der Waals surface area contributed by atoms with Gasteiger partial charge in [0.2, 0.25) is 5.91 Å². The number of hydrogen-bond donors (Lipinski definition) is 3.